The summed E-state index contributed by atoms with van der Waals surface area (Å²) in [5, 5.41) is 9.42. The smallest absolute Gasteiger partial charge is 0.147 e. The number of hydrogen-bond donors (Lipinski definition) is 0. The summed E-state index contributed by atoms with van der Waals surface area (Å²) < 4.78 is 5.43. The van der Waals surface area contributed by atoms with Crippen molar-refractivity contribution in [2.45, 2.75) is 26.3 Å². The third kappa shape index (κ3) is 2.87. The van der Waals surface area contributed by atoms with Crippen LogP contribution in [0.2, 0.25) is 0 Å². The first-order chi connectivity index (χ1) is 10.2. The fraction of sp³-hybridized carbons (Fsp3) is 0.625. The van der Waals surface area contributed by atoms with Crippen molar-refractivity contribution in [2.24, 2.45) is 0 Å². The van der Waals surface area contributed by atoms with Gasteiger partial charge in [0.2, 0.25) is 0 Å². The Morgan fingerprint density at radius 1 is 1.29 bits per heavy atom. The van der Waals surface area contributed by atoms with Crippen molar-refractivity contribution in [3.05, 3.63) is 22.9 Å². The molecule has 1 aromatic rings. The van der Waals surface area contributed by atoms with E-state index in [1.165, 1.54) is 0 Å². The van der Waals surface area contributed by atoms with E-state index in [4.69, 9.17) is 4.74 Å². The largest absolute Gasteiger partial charge is 0.379 e. The number of morpholine rings is 1. The van der Waals surface area contributed by atoms with Gasteiger partial charge >= 0.3 is 0 Å². The molecule has 5 heteroatoms. The van der Waals surface area contributed by atoms with E-state index >= 15 is 0 Å². The molecule has 21 heavy (non-hydrogen) atoms. The summed E-state index contributed by atoms with van der Waals surface area (Å²) in [5.74, 6) is 0.866. The number of nitriles is 1. The second-order valence-electron chi connectivity index (χ2n) is 5.93. The normalized spacial score (nSPS) is 23.3. The number of rotatable bonds is 2. The van der Waals surface area contributed by atoms with Gasteiger partial charge in [-0.2, -0.15) is 5.26 Å². The molecule has 0 saturated carbocycles. The number of aryl methyl sites for hydroxylation is 2. The maximum absolute atomic E-state index is 9.42. The Kier molecular flexibility index (Phi) is 4.09. The number of anilines is 1. The van der Waals surface area contributed by atoms with Crippen LogP contribution in [-0.4, -0.2) is 55.3 Å². The van der Waals surface area contributed by atoms with Crippen molar-refractivity contribution in [1.82, 2.24) is 9.88 Å². The fourth-order valence-electron chi connectivity index (χ4n) is 3.36. The number of pyridine rings is 1. The Labute approximate surface area is 126 Å². The second-order valence-corrected chi connectivity index (χ2v) is 5.93. The van der Waals surface area contributed by atoms with E-state index in [0.29, 0.717) is 6.04 Å². The van der Waals surface area contributed by atoms with Crippen LogP contribution in [0.4, 0.5) is 5.82 Å². The van der Waals surface area contributed by atoms with Gasteiger partial charge in [0.25, 0.3) is 0 Å². The van der Waals surface area contributed by atoms with E-state index in [-0.39, 0.29) is 0 Å². The Balaban J connectivity index is 1.78. The van der Waals surface area contributed by atoms with Gasteiger partial charge in [0.1, 0.15) is 11.9 Å². The molecule has 1 unspecified atom stereocenters. The number of ether oxygens (including phenoxy) is 1. The molecule has 3 heterocycles. The van der Waals surface area contributed by atoms with E-state index in [2.05, 4.69) is 20.9 Å². The second kappa shape index (κ2) is 6.00. The van der Waals surface area contributed by atoms with Crippen molar-refractivity contribution in [3.8, 4) is 6.07 Å². The van der Waals surface area contributed by atoms with Crippen molar-refractivity contribution < 1.29 is 4.74 Å². The highest BCUT2D eigenvalue weighted by Gasteiger charge is 2.30. The van der Waals surface area contributed by atoms with Crippen LogP contribution in [0, 0.1) is 25.2 Å². The lowest BCUT2D eigenvalue weighted by molar-refractivity contribution is 0.0209. The van der Waals surface area contributed by atoms with Crippen LogP contribution in [-0.2, 0) is 4.74 Å². The lowest BCUT2D eigenvalue weighted by atomic mass is 10.1. The minimum Gasteiger partial charge on any atom is -0.379 e. The van der Waals surface area contributed by atoms with Gasteiger partial charge in [-0.15, -0.1) is 0 Å². The van der Waals surface area contributed by atoms with Crippen molar-refractivity contribution in [1.29, 1.82) is 5.26 Å². The zero-order chi connectivity index (χ0) is 14.8. The lowest BCUT2D eigenvalue weighted by Gasteiger charge is -2.32. The summed E-state index contributed by atoms with van der Waals surface area (Å²) in [5.41, 5.74) is 2.73. The Bertz CT molecular complexity index is 560. The van der Waals surface area contributed by atoms with Gasteiger partial charge in [0, 0.05) is 37.9 Å². The number of nitrogens with zero attached hydrogens (tertiary/aromatic N) is 4. The third-order valence-corrected chi connectivity index (χ3v) is 4.46. The highest BCUT2D eigenvalue weighted by Crippen LogP contribution is 2.27. The quantitative estimate of drug-likeness (QED) is 0.824. The molecular formula is C16H22N4O. The van der Waals surface area contributed by atoms with Gasteiger partial charge in [-0.05, 0) is 31.9 Å². The van der Waals surface area contributed by atoms with Gasteiger partial charge in [0.05, 0.1) is 18.8 Å². The molecule has 0 spiro atoms. The van der Waals surface area contributed by atoms with Crippen LogP contribution >= 0.6 is 0 Å². The number of aromatic nitrogens is 1. The van der Waals surface area contributed by atoms with Crippen molar-refractivity contribution in [3.63, 3.8) is 0 Å². The van der Waals surface area contributed by atoms with Crippen LogP contribution in [0.3, 0.4) is 0 Å². The van der Waals surface area contributed by atoms with Gasteiger partial charge < -0.3 is 9.64 Å². The predicted octanol–water partition coefficient (Wildman–Crippen LogP) is 1.48. The molecule has 0 radical (unpaired) electrons. The minimum absolute atomic E-state index is 0.558. The van der Waals surface area contributed by atoms with E-state index in [9.17, 15) is 5.26 Å². The predicted molar refractivity (Wildman–Crippen MR) is 81.4 cm³/mol. The molecule has 0 aromatic carbocycles. The molecule has 2 aliphatic rings. The molecule has 2 fully saturated rings. The molecular weight excluding hydrogens is 264 g/mol. The van der Waals surface area contributed by atoms with E-state index in [1.807, 2.05) is 19.9 Å². The molecule has 112 valence electrons. The van der Waals surface area contributed by atoms with Gasteiger partial charge in [-0.25, -0.2) is 4.98 Å². The molecule has 0 N–H and O–H groups in total. The Morgan fingerprint density at radius 2 is 2.05 bits per heavy atom. The van der Waals surface area contributed by atoms with Crippen LogP contribution in [0.1, 0.15) is 23.2 Å². The highest BCUT2D eigenvalue weighted by molar-refractivity contribution is 5.58. The average molecular weight is 286 g/mol. The molecule has 2 aliphatic heterocycles. The molecule has 0 bridgehead atoms. The van der Waals surface area contributed by atoms with Crippen LogP contribution in [0.25, 0.3) is 0 Å². The standard InChI is InChI=1S/C16H22N4O/c1-12-9-13(2)18-16(15(12)10-17)20-4-3-14(11-20)19-5-7-21-8-6-19/h9,14H,3-8,11H2,1-2H3. The third-order valence-electron chi connectivity index (χ3n) is 4.46. The molecule has 3 rings (SSSR count). The molecule has 0 aliphatic carbocycles. The maximum atomic E-state index is 9.42. The van der Waals surface area contributed by atoms with E-state index < -0.39 is 0 Å². The summed E-state index contributed by atoms with van der Waals surface area (Å²) in [6.07, 6.45) is 1.14. The van der Waals surface area contributed by atoms with E-state index in [1.54, 1.807) is 0 Å². The monoisotopic (exact) mass is 286 g/mol. The molecule has 2 saturated heterocycles. The maximum Gasteiger partial charge on any atom is 0.147 e. The number of hydrogen-bond acceptors (Lipinski definition) is 5. The van der Waals surface area contributed by atoms with Gasteiger partial charge in [-0.1, -0.05) is 0 Å². The zero-order valence-corrected chi connectivity index (χ0v) is 12.8. The summed E-state index contributed by atoms with van der Waals surface area (Å²) in [6.45, 7) is 9.63. The topological polar surface area (TPSA) is 52.4 Å². The Morgan fingerprint density at radius 3 is 2.76 bits per heavy atom. The highest BCUT2D eigenvalue weighted by atomic mass is 16.5. The summed E-state index contributed by atoms with van der Waals surface area (Å²) in [7, 11) is 0. The molecule has 1 aromatic heterocycles. The van der Waals surface area contributed by atoms with E-state index in [0.717, 1.165) is 68.5 Å². The van der Waals surface area contributed by atoms with Crippen molar-refractivity contribution in [2.75, 3.05) is 44.3 Å². The molecule has 1 atom stereocenters. The first kappa shape index (κ1) is 14.3. The van der Waals surface area contributed by atoms with Gasteiger partial charge in [0.15, 0.2) is 0 Å². The first-order valence-corrected chi connectivity index (χ1v) is 7.64. The SMILES string of the molecule is Cc1cc(C)c(C#N)c(N2CCC(N3CCOCC3)C2)n1. The summed E-state index contributed by atoms with van der Waals surface area (Å²) in [4.78, 5) is 9.42. The first-order valence-electron chi connectivity index (χ1n) is 7.64. The Hall–Kier alpha value is -1.64. The van der Waals surface area contributed by atoms with Crippen LogP contribution in [0.15, 0.2) is 6.07 Å². The van der Waals surface area contributed by atoms with Crippen molar-refractivity contribution >= 4 is 5.82 Å². The summed E-state index contributed by atoms with van der Waals surface area (Å²) >= 11 is 0. The van der Waals surface area contributed by atoms with Crippen LogP contribution in [0.5, 0.6) is 0 Å². The summed E-state index contributed by atoms with van der Waals surface area (Å²) in [6, 6.07) is 4.87. The van der Waals surface area contributed by atoms with Crippen LogP contribution < -0.4 is 4.90 Å². The fourth-order valence-corrected chi connectivity index (χ4v) is 3.36. The zero-order valence-electron chi connectivity index (χ0n) is 12.8. The van der Waals surface area contributed by atoms with Gasteiger partial charge in [-0.3, -0.25) is 4.90 Å². The minimum atomic E-state index is 0.558. The average Bonchev–Trinajstić information content (AvgIpc) is 2.97. The molecule has 0 amide bonds. The lowest BCUT2D eigenvalue weighted by Crippen LogP contribution is -2.44. The molecule has 5 nitrogen and oxygen atoms in total.